The minimum absolute atomic E-state index is 0.0541. The molecule has 2 amide bonds. The fourth-order valence-electron chi connectivity index (χ4n) is 1.89. The Balaban J connectivity index is 2.30. The number of nitrogens with one attached hydrogen (secondary N) is 1. The Kier molecular flexibility index (Phi) is 4.74. The summed E-state index contributed by atoms with van der Waals surface area (Å²) in [7, 11) is 1.50. The van der Waals surface area contributed by atoms with Crippen molar-refractivity contribution in [1.82, 2.24) is 20.4 Å². The first-order valence-corrected chi connectivity index (χ1v) is 6.59. The van der Waals surface area contributed by atoms with Gasteiger partial charge >= 0.3 is 0 Å². The van der Waals surface area contributed by atoms with Gasteiger partial charge in [-0.1, -0.05) is 23.2 Å². The summed E-state index contributed by atoms with van der Waals surface area (Å²) in [6, 6.07) is 0.625. The molecular formula is C11H12Cl2N4O3. The standard InChI is InChI=1S/C11H12Cl2N4O3/c1-14-10(18)7-5-20-3-2-17(7)11(19)6-4-8(12)15-16-9(6)13/h4,7H,2-3,5H2,1H3,(H,14,18). The molecule has 7 nitrogen and oxygen atoms in total. The molecule has 2 heterocycles. The van der Waals surface area contributed by atoms with Crippen molar-refractivity contribution < 1.29 is 14.3 Å². The summed E-state index contributed by atoms with van der Waals surface area (Å²) in [4.78, 5) is 25.7. The van der Waals surface area contributed by atoms with E-state index in [2.05, 4.69) is 15.5 Å². The first-order valence-electron chi connectivity index (χ1n) is 5.83. The molecule has 1 aliphatic heterocycles. The number of amides is 2. The molecule has 0 aliphatic carbocycles. The van der Waals surface area contributed by atoms with Gasteiger partial charge in [0, 0.05) is 13.6 Å². The van der Waals surface area contributed by atoms with Crippen LogP contribution in [0.25, 0.3) is 0 Å². The quantitative estimate of drug-likeness (QED) is 0.851. The van der Waals surface area contributed by atoms with E-state index >= 15 is 0 Å². The zero-order valence-electron chi connectivity index (χ0n) is 10.6. The molecule has 1 aromatic rings. The predicted molar refractivity (Wildman–Crippen MR) is 71.8 cm³/mol. The van der Waals surface area contributed by atoms with E-state index in [1.165, 1.54) is 18.0 Å². The molecule has 0 bridgehead atoms. The van der Waals surface area contributed by atoms with Crippen molar-refractivity contribution >= 4 is 35.0 Å². The van der Waals surface area contributed by atoms with Crippen molar-refractivity contribution in [2.24, 2.45) is 0 Å². The van der Waals surface area contributed by atoms with Gasteiger partial charge in [0.2, 0.25) is 5.91 Å². The van der Waals surface area contributed by atoms with Gasteiger partial charge in [0.05, 0.1) is 18.8 Å². The number of halogens is 2. The number of ether oxygens (including phenoxy) is 1. The van der Waals surface area contributed by atoms with Gasteiger partial charge in [0.25, 0.3) is 5.91 Å². The van der Waals surface area contributed by atoms with Crippen molar-refractivity contribution in [2.75, 3.05) is 26.8 Å². The minimum Gasteiger partial charge on any atom is -0.377 e. The van der Waals surface area contributed by atoms with E-state index < -0.39 is 11.9 Å². The molecule has 1 fully saturated rings. The number of hydrogen-bond donors (Lipinski definition) is 1. The van der Waals surface area contributed by atoms with Gasteiger partial charge in [0.1, 0.15) is 6.04 Å². The Morgan fingerprint density at radius 1 is 1.45 bits per heavy atom. The van der Waals surface area contributed by atoms with E-state index in [1.807, 2.05) is 0 Å². The third kappa shape index (κ3) is 3.00. The van der Waals surface area contributed by atoms with Crippen molar-refractivity contribution in [1.29, 1.82) is 0 Å². The minimum atomic E-state index is -0.704. The zero-order chi connectivity index (χ0) is 14.7. The topological polar surface area (TPSA) is 84.4 Å². The van der Waals surface area contributed by atoms with Gasteiger partial charge in [-0.25, -0.2) is 0 Å². The van der Waals surface area contributed by atoms with Crippen LogP contribution in [0, 0.1) is 0 Å². The maximum Gasteiger partial charge on any atom is 0.258 e. The molecule has 1 aromatic heterocycles. The van der Waals surface area contributed by atoms with Crippen LogP contribution < -0.4 is 5.32 Å². The lowest BCUT2D eigenvalue weighted by Crippen LogP contribution is -2.55. The second kappa shape index (κ2) is 6.34. The Morgan fingerprint density at radius 3 is 2.90 bits per heavy atom. The molecule has 20 heavy (non-hydrogen) atoms. The summed E-state index contributed by atoms with van der Waals surface area (Å²) in [6.07, 6.45) is 0. The maximum absolute atomic E-state index is 12.5. The molecule has 1 saturated heterocycles. The third-order valence-corrected chi connectivity index (χ3v) is 3.35. The van der Waals surface area contributed by atoms with Crippen LogP contribution in [-0.2, 0) is 9.53 Å². The SMILES string of the molecule is CNC(=O)C1COCCN1C(=O)c1cc(Cl)nnc1Cl. The highest BCUT2D eigenvalue weighted by atomic mass is 35.5. The molecule has 2 rings (SSSR count). The summed E-state index contributed by atoms with van der Waals surface area (Å²) >= 11 is 11.6. The molecule has 0 saturated carbocycles. The van der Waals surface area contributed by atoms with Crippen molar-refractivity contribution in [3.05, 3.63) is 21.9 Å². The van der Waals surface area contributed by atoms with Gasteiger partial charge in [-0.3, -0.25) is 9.59 Å². The summed E-state index contributed by atoms with van der Waals surface area (Å²) in [5.74, 6) is -0.731. The average Bonchev–Trinajstić information content (AvgIpc) is 2.48. The normalized spacial score (nSPS) is 18.8. The van der Waals surface area contributed by atoms with Crippen molar-refractivity contribution in [2.45, 2.75) is 6.04 Å². The van der Waals surface area contributed by atoms with Gasteiger partial charge in [-0.15, -0.1) is 10.2 Å². The third-order valence-electron chi connectivity index (χ3n) is 2.89. The lowest BCUT2D eigenvalue weighted by atomic mass is 10.1. The molecule has 1 N–H and O–H groups in total. The lowest BCUT2D eigenvalue weighted by molar-refractivity contribution is -0.130. The van der Waals surface area contributed by atoms with E-state index in [9.17, 15) is 9.59 Å². The second-order valence-electron chi connectivity index (χ2n) is 4.08. The summed E-state index contributed by atoms with van der Waals surface area (Å²) in [5, 5.41) is 9.64. The molecule has 9 heteroatoms. The number of likely N-dealkylation sites (N-methyl/N-ethyl adjacent to an activating group) is 1. The van der Waals surface area contributed by atoms with Crippen LogP contribution in [0.5, 0.6) is 0 Å². The number of morpholine rings is 1. The maximum atomic E-state index is 12.5. The van der Waals surface area contributed by atoms with Gasteiger partial charge < -0.3 is 15.0 Å². The monoisotopic (exact) mass is 318 g/mol. The first-order chi connectivity index (χ1) is 9.54. The highest BCUT2D eigenvalue weighted by Crippen LogP contribution is 2.20. The highest BCUT2D eigenvalue weighted by molar-refractivity contribution is 6.34. The Hall–Kier alpha value is -1.44. The van der Waals surface area contributed by atoms with Gasteiger partial charge in [-0.2, -0.15) is 0 Å². The Morgan fingerprint density at radius 2 is 2.20 bits per heavy atom. The van der Waals surface area contributed by atoms with E-state index in [1.54, 1.807) is 0 Å². The molecule has 1 unspecified atom stereocenters. The largest absolute Gasteiger partial charge is 0.377 e. The van der Waals surface area contributed by atoms with Crippen molar-refractivity contribution in [3.63, 3.8) is 0 Å². The van der Waals surface area contributed by atoms with Crippen LogP contribution in [0.3, 0.4) is 0 Å². The van der Waals surface area contributed by atoms with Gasteiger partial charge in [-0.05, 0) is 6.07 Å². The Bertz CT molecular complexity index is 540. The smallest absolute Gasteiger partial charge is 0.258 e. The van der Waals surface area contributed by atoms with Crippen LogP contribution in [-0.4, -0.2) is 59.8 Å². The zero-order valence-corrected chi connectivity index (χ0v) is 12.1. The van der Waals surface area contributed by atoms with E-state index in [0.717, 1.165) is 0 Å². The molecule has 0 aromatic carbocycles. The number of carbonyl (C=O) groups excluding carboxylic acids is 2. The average molecular weight is 319 g/mol. The summed E-state index contributed by atoms with van der Waals surface area (Å²) in [5.41, 5.74) is 0.113. The lowest BCUT2D eigenvalue weighted by Gasteiger charge is -2.34. The number of nitrogens with zero attached hydrogens (tertiary/aromatic N) is 3. The fourth-order valence-corrected chi connectivity index (χ4v) is 2.21. The number of carbonyl (C=O) groups is 2. The van der Waals surface area contributed by atoms with E-state index in [4.69, 9.17) is 27.9 Å². The molecule has 0 spiro atoms. The highest BCUT2D eigenvalue weighted by Gasteiger charge is 2.34. The van der Waals surface area contributed by atoms with Gasteiger partial charge in [0.15, 0.2) is 10.3 Å². The van der Waals surface area contributed by atoms with Crippen LogP contribution in [0.1, 0.15) is 10.4 Å². The van der Waals surface area contributed by atoms with E-state index in [0.29, 0.717) is 6.61 Å². The van der Waals surface area contributed by atoms with Crippen LogP contribution in [0.2, 0.25) is 10.3 Å². The van der Waals surface area contributed by atoms with Crippen LogP contribution >= 0.6 is 23.2 Å². The first kappa shape index (κ1) is 15.0. The number of aromatic nitrogens is 2. The van der Waals surface area contributed by atoms with Crippen LogP contribution in [0.15, 0.2) is 6.07 Å². The number of hydrogen-bond acceptors (Lipinski definition) is 5. The van der Waals surface area contributed by atoms with E-state index in [-0.39, 0.29) is 34.9 Å². The second-order valence-corrected chi connectivity index (χ2v) is 4.82. The molecule has 1 aliphatic rings. The predicted octanol–water partition coefficient (Wildman–Crippen LogP) is 0.370. The molecule has 108 valence electrons. The number of rotatable bonds is 2. The summed E-state index contributed by atoms with van der Waals surface area (Å²) in [6.45, 7) is 0.769. The van der Waals surface area contributed by atoms with Crippen LogP contribution in [0.4, 0.5) is 0 Å². The Labute approximate surface area is 125 Å². The molecule has 0 radical (unpaired) electrons. The fraction of sp³-hybridized carbons (Fsp3) is 0.455. The van der Waals surface area contributed by atoms with Crippen molar-refractivity contribution in [3.8, 4) is 0 Å². The molecular weight excluding hydrogens is 307 g/mol. The molecule has 1 atom stereocenters. The summed E-state index contributed by atoms with van der Waals surface area (Å²) < 4.78 is 5.23.